The maximum absolute atomic E-state index is 11.0. The number of methoxy groups -OCH3 is 2. The fourth-order valence-corrected chi connectivity index (χ4v) is 2.60. The second kappa shape index (κ2) is 5.67. The topological polar surface area (TPSA) is 67.8 Å². The number of benzene rings is 1. The molecule has 1 fully saturated rings. The Kier molecular flexibility index (Phi) is 4.17. The molecule has 5 nitrogen and oxygen atoms in total. The van der Waals surface area contributed by atoms with Crippen LogP contribution in [-0.2, 0) is 4.79 Å². The molecule has 2 N–H and O–H groups in total. The second-order valence-electron chi connectivity index (χ2n) is 4.46. The van der Waals surface area contributed by atoms with Crippen molar-refractivity contribution in [1.82, 2.24) is 5.32 Å². The fourth-order valence-electron chi connectivity index (χ4n) is 2.38. The number of hydrogen-bond acceptors (Lipinski definition) is 4. The predicted molar refractivity (Wildman–Crippen MR) is 71.0 cm³/mol. The van der Waals surface area contributed by atoms with Gasteiger partial charge < -0.3 is 19.9 Å². The summed E-state index contributed by atoms with van der Waals surface area (Å²) in [5, 5.41) is 12.8. The highest BCUT2D eigenvalue weighted by molar-refractivity contribution is 6.30. The van der Waals surface area contributed by atoms with E-state index >= 15 is 0 Å². The van der Waals surface area contributed by atoms with Gasteiger partial charge >= 0.3 is 5.97 Å². The molecular formula is C13H16ClNO4. The summed E-state index contributed by atoms with van der Waals surface area (Å²) < 4.78 is 10.6. The van der Waals surface area contributed by atoms with Crippen LogP contribution in [0.2, 0.25) is 5.02 Å². The number of carbonyl (C=O) groups is 1. The van der Waals surface area contributed by atoms with Crippen LogP contribution in [0.15, 0.2) is 12.1 Å². The van der Waals surface area contributed by atoms with Crippen molar-refractivity contribution in [3.8, 4) is 11.5 Å². The van der Waals surface area contributed by atoms with Gasteiger partial charge in [-0.1, -0.05) is 11.6 Å². The molecule has 1 aromatic carbocycles. The minimum Gasteiger partial charge on any atom is -0.493 e. The van der Waals surface area contributed by atoms with E-state index in [0.717, 1.165) is 5.56 Å². The summed E-state index contributed by atoms with van der Waals surface area (Å²) in [5.74, 6) is -0.0383. The summed E-state index contributed by atoms with van der Waals surface area (Å²) in [6.45, 7) is 0.442. The molecule has 0 radical (unpaired) electrons. The summed E-state index contributed by atoms with van der Waals surface area (Å²) in [4.78, 5) is 11.0. The number of hydrogen-bond donors (Lipinski definition) is 2. The Morgan fingerprint density at radius 1 is 1.42 bits per heavy atom. The van der Waals surface area contributed by atoms with Crippen LogP contribution in [0, 0.1) is 5.92 Å². The minimum atomic E-state index is -0.789. The highest BCUT2D eigenvalue weighted by atomic mass is 35.5. The largest absolute Gasteiger partial charge is 0.493 e. The van der Waals surface area contributed by atoms with E-state index < -0.39 is 5.97 Å². The third-order valence-electron chi connectivity index (χ3n) is 3.33. The number of aliphatic carboxylic acids is 1. The molecule has 19 heavy (non-hydrogen) atoms. The number of ether oxygens (including phenoxy) is 2. The Morgan fingerprint density at radius 3 is 2.68 bits per heavy atom. The monoisotopic (exact) mass is 285 g/mol. The average molecular weight is 286 g/mol. The van der Waals surface area contributed by atoms with Gasteiger partial charge in [-0.25, -0.2) is 0 Å². The first-order chi connectivity index (χ1) is 9.06. The van der Waals surface area contributed by atoms with Crippen molar-refractivity contribution in [2.45, 2.75) is 12.5 Å². The van der Waals surface area contributed by atoms with Crippen molar-refractivity contribution in [3.05, 3.63) is 22.7 Å². The zero-order valence-corrected chi connectivity index (χ0v) is 11.5. The number of halogens is 1. The van der Waals surface area contributed by atoms with E-state index in [-0.39, 0.29) is 12.0 Å². The predicted octanol–water partition coefficient (Wildman–Crippen LogP) is 2.09. The first-order valence-electron chi connectivity index (χ1n) is 5.94. The number of nitrogens with one attached hydrogen (secondary N) is 1. The standard InChI is InChI=1S/C13H16ClNO4/c1-18-11-5-8(14)4-9(12(11)19-2)10-3-7(6-15-10)13(16)17/h4-5,7,10,15H,3,6H2,1-2H3,(H,16,17). The molecule has 1 aliphatic rings. The minimum absolute atomic E-state index is 0.0938. The lowest BCUT2D eigenvalue weighted by atomic mass is 9.99. The van der Waals surface area contributed by atoms with Gasteiger partial charge in [-0.2, -0.15) is 0 Å². The fraction of sp³-hybridized carbons (Fsp3) is 0.462. The molecule has 2 unspecified atom stereocenters. The van der Waals surface area contributed by atoms with Gasteiger partial charge in [-0.05, 0) is 12.5 Å². The van der Waals surface area contributed by atoms with Crippen LogP contribution < -0.4 is 14.8 Å². The summed E-state index contributed by atoms with van der Waals surface area (Å²) >= 11 is 6.06. The van der Waals surface area contributed by atoms with Crippen molar-refractivity contribution in [2.75, 3.05) is 20.8 Å². The number of carboxylic acids is 1. The van der Waals surface area contributed by atoms with Gasteiger partial charge in [-0.15, -0.1) is 0 Å². The van der Waals surface area contributed by atoms with E-state index in [9.17, 15) is 4.79 Å². The van der Waals surface area contributed by atoms with Crippen LogP contribution >= 0.6 is 11.6 Å². The highest BCUT2D eigenvalue weighted by Gasteiger charge is 2.32. The third-order valence-corrected chi connectivity index (χ3v) is 3.55. The van der Waals surface area contributed by atoms with E-state index in [1.54, 1.807) is 26.4 Å². The molecule has 2 rings (SSSR count). The van der Waals surface area contributed by atoms with Gasteiger partial charge in [0.25, 0.3) is 0 Å². The zero-order chi connectivity index (χ0) is 14.0. The Balaban J connectivity index is 2.34. The van der Waals surface area contributed by atoms with E-state index in [4.69, 9.17) is 26.2 Å². The summed E-state index contributed by atoms with van der Waals surface area (Å²) in [7, 11) is 3.10. The van der Waals surface area contributed by atoms with Gasteiger partial charge in [-0.3, -0.25) is 4.79 Å². The van der Waals surface area contributed by atoms with Gasteiger partial charge in [0.1, 0.15) is 0 Å². The SMILES string of the molecule is COc1cc(Cl)cc(C2CC(C(=O)O)CN2)c1OC. The molecule has 1 aliphatic heterocycles. The smallest absolute Gasteiger partial charge is 0.307 e. The van der Waals surface area contributed by atoms with E-state index in [1.165, 1.54) is 0 Å². The van der Waals surface area contributed by atoms with Gasteiger partial charge in [0, 0.05) is 29.2 Å². The first kappa shape index (κ1) is 14.0. The summed E-state index contributed by atoms with van der Waals surface area (Å²) in [6.07, 6.45) is 0.509. The van der Waals surface area contributed by atoms with Gasteiger partial charge in [0.05, 0.1) is 20.1 Å². The molecule has 104 valence electrons. The van der Waals surface area contributed by atoms with Gasteiger partial charge in [0.15, 0.2) is 11.5 Å². The van der Waals surface area contributed by atoms with Crippen molar-refractivity contribution >= 4 is 17.6 Å². The van der Waals surface area contributed by atoms with Crippen LogP contribution in [0.3, 0.4) is 0 Å². The number of rotatable bonds is 4. The summed E-state index contributed by atoms with van der Waals surface area (Å²) in [5.41, 5.74) is 0.829. The molecule has 0 saturated carbocycles. The van der Waals surface area contributed by atoms with Gasteiger partial charge in [0.2, 0.25) is 0 Å². The molecule has 0 bridgehead atoms. The van der Waals surface area contributed by atoms with Crippen molar-refractivity contribution < 1.29 is 19.4 Å². The van der Waals surface area contributed by atoms with Crippen molar-refractivity contribution in [3.63, 3.8) is 0 Å². The second-order valence-corrected chi connectivity index (χ2v) is 4.90. The molecule has 2 atom stereocenters. The number of carboxylic acid groups (broad SMARTS) is 1. The van der Waals surface area contributed by atoms with Crippen molar-refractivity contribution in [1.29, 1.82) is 0 Å². The Bertz CT molecular complexity index is 492. The maximum atomic E-state index is 11.0. The van der Waals surface area contributed by atoms with Crippen LogP contribution in [0.4, 0.5) is 0 Å². The van der Waals surface area contributed by atoms with Crippen LogP contribution in [0.1, 0.15) is 18.0 Å². The summed E-state index contributed by atoms with van der Waals surface area (Å²) in [6, 6.07) is 3.36. The lowest BCUT2D eigenvalue weighted by molar-refractivity contribution is -0.141. The molecule has 0 aromatic heterocycles. The molecular weight excluding hydrogens is 270 g/mol. The first-order valence-corrected chi connectivity index (χ1v) is 6.32. The third kappa shape index (κ3) is 2.77. The molecule has 0 spiro atoms. The maximum Gasteiger partial charge on any atom is 0.307 e. The Labute approximate surface area is 116 Å². The Hall–Kier alpha value is -1.46. The van der Waals surface area contributed by atoms with Crippen molar-refractivity contribution in [2.24, 2.45) is 5.92 Å². The Morgan fingerprint density at radius 2 is 2.16 bits per heavy atom. The highest BCUT2D eigenvalue weighted by Crippen LogP contribution is 2.41. The molecule has 0 aliphatic carbocycles. The van der Waals surface area contributed by atoms with E-state index in [1.807, 2.05) is 0 Å². The van der Waals surface area contributed by atoms with Crippen LogP contribution in [0.25, 0.3) is 0 Å². The normalized spacial score (nSPS) is 22.3. The van der Waals surface area contributed by atoms with E-state index in [2.05, 4.69) is 5.32 Å². The van der Waals surface area contributed by atoms with E-state index in [0.29, 0.717) is 29.5 Å². The van der Waals surface area contributed by atoms with Crippen LogP contribution in [0.5, 0.6) is 11.5 Å². The zero-order valence-electron chi connectivity index (χ0n) is 10.8. The molecule has 1 aromatic rings. The molecule has 1 heterocycles. The lowest BCUT2D eigenvalue weighted by Gasteiger charge is -2.18. The van der Waals surface area contributed by atoms with Crippen LogP contribution in [-0.4, -0.2) is 31.8 Å². The molecule has 1 saturated heterocycles. The molecule has 6 heteroatoms. The molecule has 0 amide bonds. The quantitative estimate of drug-likeness (QED) is 0.887. The lowest BCUT2D eigenvalue weighted by Crippen LogP contribution is -2.17. The average Bonchev–Trinajstić information content (AvgIpc) is 2.87.